The summed E-state index contributed by atoms with van der Waals surface area (Å²) < 4.78 is 0. The number of carbonyl (C=O) groups is 1. The normalized spacial score (nSPS) is 13.8. The molecular formula is C25H23ClN6O. The van der Waals surface area contributed by atoms with Crippen LogP contribution in [0.1, 0.15) is 0 Å². The van der Waals surface area contributed by atoms with E-state index in [9.17, 15) is 4.79 Å². The summed E-state index contributed by atoms with van der Waals surface area (Å²) in [4.78, 5) is 26.2. The Labute approximate surface area is 196 Å². The molecule has 0 radical (unpaired) electrons. The van der Waals surface area contributed by atoms with Gasteiger partial charge in [0.25, 0.3) is 0 Å². The maximum atomic E-state index is 13.0. The van der Waals surface area contributed by atoms with Crippen LogP contribution in [0.2, 0.25) is 5.02 Å². The Balaban J connectivity index is 1.33. The van der Waals surface area contributed by atoms with Crippen LogP contribution in [0.5, 0.6) is 0 Å². The van der Waals surface area contributed by atoms with Gasteiger partial charge in [-0.1, -0.05) is 48.0 Å². The lowest BCUT2D eigenvalue weighted by Gasteiger charge is -2.36. The molecule has 0 aliphatic carbocycles. The van der Waals surface area contributed by atoms with Gasteiger partial charge in [-0.2, -0.15) is 0 Å². The SMILES string of the molecule is Nc1nc(-c2ccccc2NC(=O)N2CCN(c3ccccc3Cl)CC2)nc2ccccc12. The number of carbonyl (C=O) groups excluding carboxylic acids is 1. The van der Waals surface area contributed by atoms with Gasteiger partial charge in [-0.25, -0.2) is 14.8 Å². The molecule has 0 unspecified atom stereocenters. The molecule has 0 saturated carbocycles. The fraction of sp³-hybridized carbons (Fsp3) is 0.160. The summed E-state index contributed by atoms with van der Waals surface area (Å²) in [6.07, 6.45) is 0. The standard InChI is InChI=1S/C25H23ClN6O/c26-19-9-3-6-12-22(19)31-13-15-32(16-14-31)25(33)29-21-11-5-2-8-18(21)24-28-20-10-4-1-7-17(20)23(27)30-24/h1-12H,13-16H2,(H,29,33)(H2,27,28,30). The van der Waals surface area contributed by atoms with E-state index in [1.54, 1.807) is 4.90 Å². The van der Waals surface area contributed by atoms with Crippen molar-refractivity contribution in [1.29, 1.82) is 0 Å². The Kier molecular flexibility index (Phi) is 5.71. The van der Waals surface area contributed by atoms with E-state index in [0.717, 1.165) is 27.2 Å². The number of urea groups is 1. The molecule has 5 rings (SSSR count). The van der Waals surface area contributed by atoms with Crippen molar-refractivity contribution in [2.75, 3.05) is 42.1 Å². The van der Waals surface area contributed by atoms with Crippen molar-refractivity contribution in [3.63, 3.8) is 0 Å². The first-order chi connectivity index (χ1) is 16.1. The molecule has 1 saturated heterocycles. The Morgan fingerprint density at radius 2 is 1.58 bits per heavy atom. The number of nitrogens with two attached hydrogens (primary N) is 1. The van der Waals surface area contributed by atoms with Crippen LogP contribution >= 0.6 is 11.6 Å². The molecule has 1 aromatic heterocycles. The fourth-order valence-corrected chi connectivity index (χ4v) is 4.32. The summed E-state index contributed by atoms with van der Waals surface area (Å²) in [5, 5.41) is 4.56. The van der Waals surface area contributed by atoms with Gasteiger partial charge < -0.3 is 20.9 Å². The van der Waals surface area contributed by atoms with E-state index in [1.807, 2.05) is 72.8 Å². The van der Waals surface area contributed by atoms with E-state index in [1.165, 1.54) is 0 Å². The van der Waals surface area contributed by atoms with Crippen molar-refractivity contribution in [2.24, 2.45) is 0 Å². The first-order valence-electron chi connectivity index (χ1n) is 10.8. The van der Waals surface area contributed by atoms with Crippen molar-refractivity contribution in [3.05, 3.63) is 77.8 Å². The number of halogens is 1. The zero-order valence-corrected chi connectivity index (χ0v) is 18.7. The molecule has 0 bridgehead atoms. The molecule has 3 aromatic carbocycles. The minimum atomic E-state index is -0.157. The van der Waals surface area contributed by atoms with E-state index in [0.29, 0.717) is 43.5 Å². The van der Waals surface area contributed by atoms with Crippen LogP contribution < -0.4 is 16.0 Å². The van der Waals surface area contributed by atoms with E-state index < -0.39 is 0 Å². The van der Waals surface area contributed by atoms with Crippen LogP contribution in [0.3, 0.4) is 0 Å². The molecular weight excluding hydrogens is 436 g/mol. The number of piperazine rings is 1. The lowest BCUT2D eigenvalue weighted by molar-refractivity contribution is 0.208. The molecule has 1 aliphatic heterocycles. The van der Waals surface area contributed by atoms with Crippen molar-refractivity contribution in [3.8, 4) is 11.4 Å². The average Bonchev–Trinajstić information content (AvgIpc) is 2.85. The molecule has 0 atom stereocenters. The monoisotopic (exact) mass is 458 g/mol. The zero-order valence-electron chi connectivity index (χ0n) is 17.9. The van der Waals surface area contributed by atoms with Crippen LogP contribution in [0.4, 0.5) is 22.0 Å². The number of nitrogens with one attached hydrogen (secondary N) is 1. The summed E-state index contributed by atoms with van der Waals surface area (Å²) in [6, 6.07) is 22.7. The van der Waals surface area contributed by atoms with Gasteiger partial charge in [0.15, 0.2) is 5.82 Å². The van der Waals surface area contributed by atoms with Gasteiger partial charge in [-0.15, -0.1) is 0 Å². The minimum Gasteiger partial charge on any atom is -0.383 e. The number of rotatable bonds is 3. The van der Waals surface area contributed by atoms with E-state index in [-0.39, 0.29) is 6.03 Å². The van der Waals surface area contributed by atoms with Gasteiger partial charge in [0.05, 0.1) is 21.9 Å². The molecule has 166 valence electrons. The Hall–Kier alpha value is -3.84. The van der Waals surface area contributed by atoms with Crippen molar-refractivity contribution >= 4 is 45.7 Å². The number of nitrogen functional groups attached to an aromatic ring is 1. The molecule has 33 heavy (non-hydrogen) atoms. The number of aromatic nitrogens is 2. The van der Waals surface area contributed by atoms with E-state index >= 15 is 0 Å². The van der Waals surface area contributed by atoms with Crippen LogP contribution in [0, 0.1) is 0 Å². The Morgan fingerprint density at radius 3 is 2.39 bits per heavy atom. The van der Waals surface area contributed by atoms with Crippen molar-refractivity contribution in [2.45, 2.75) is 0 Å². The van der Waals surface area contributed by atoms with Crippen molar-refractivity contribution < 1.29 is 4.79 Å². The van der Waals surface area contributed by atoms with Gasteiger partial charge >= 0.3 is 6.03 Å². The maximum Gasteiger partial charge on any atom is 0.321 e. The highest BCUT2D eigenvalue weighted by atomic mass is 35.5. The largest absolute Gasteiger partial charge is 0.383 e. The first-order valence-corrected chi connectivity index (χ1v) is 11.1. The third kappa shape index (κ3) is 4.27. The second-order valence-electron chi connectivity index (χ2n) is 7.85. The number of benzene rings is 3. The van der Waals surface area contributed by atoms with Crippen LogP contribution in [-0.4, -0.2) is 47.1 Å². The second kappa shape index (κ2) is 8.96. The quantitative estimate of drug-likeness (QED) is 0.456. The highest BCUT2D eigenvalue weighted by Crippen LogP contribution is 2.29. The number of para-hydroxylation sites is 3. The van der Waals surface area contributed by atoms with E-state index in [4.69, 9.17) is 17.3 Å². The van der Waals surface area contributed by atoms with Crippen LogP contribution in [0.25, 0.3) is 22.3 Å². The van der Waals surface area contributed by atoms with Gasteiger partial charge in [0.2, 0.25) is 0 Å². The van der Waals surface area contributed by atoms with Gasteiger partial charge in [-0.05, 0) is 36.4 Å². The molecule has 4 aromatic rings. The molecule has 0 spiro atoms. The smallest absolute Gasteiger partial charge is 0.321 e. The second-order valence-corrected chi connectivity index (χ2v) is 8.26. The number of hydrogen-bond donors (Lipinski definition) is 2. The highest BCUT2D eigenvalue weighted by Gasteiger charge is 2.23. The maximum absolute atomic E-state index is 13.0. The Bertz CT molecular complexity index is 1320. The zero-order chi connectivity index (χ0) is 22.8. The molecule has 7 nitrogen and oxygen atoms in total. The summed E-state index contributed by atoms with van der Waals surface area (Å²) >= 11 is 6.33. The van der Waals surface area contributed by atoms with Crippen LogP contribution in [0.15, 0.2) is 72.8 Å². The van der Waals surface area contributed by atoms with E-state index in [2.05, 4.69) is 20.2 Å². The number of amides is 2. The summed E-state index contributed by atoms with van der Waals surface area (Å²) in [7, 11) is 0. The van der Waals surface area contributed by atoms with Gasteiger partial charge in [-0.3, -0.25) is 0 Å². The number of hydrogen-bond acceptors (Lipinski definition) is 5. The molecule has 8 heteroatoms. The third-order valence-corrected chi connectivity index (χ3v) is 6.12. The van der Waals surface area contributed by atoms with Crippen LogP contribution in [-0.2, 0) is 0 Å². The summed E-state index contributed by atoms with van der Waals surface area (Å²) in [6.45, 7) is 2.61. The molecule has 1 aliphatic rings. The third-order valence-electron chi connectivity index (χ3n) is 5.80. The predicted molar refractivity (Wildman–Crippen MR) is 134 cm³/mol. The summed E-state index contributed by atoms with van der Waals surface area (Å²) in [5.74, 6) is 0.887. The molecule has 2 amide bonds. The predicted octanol–water partition coefficient (Wildman–Crippen LogP) is 4.89. The van der Waals surface area contributed by atoms with Crippen molar-refractivity contribution in [1.82, 2.24) is 14.9 Å². The average molecular weight is 459 g/mol. The number of fused-ring (bicyclic) bond motifs is 1. The number of anilines is 3. The lowest BCUT2D eigenvalue weighted by Crippen LogP contribution is -2.50. The molecule has 1 fully saturated rings. The fourth-order valence-electron chi connectivity index (χ4n) is 4.06. The topological polar surface area (TPSA) is 87.4 Å². The Morgan fingerprint density at radius 1 is 0.879 bits per heavy atom. The molecule has 3 N–H and O–H groups in total. The minimum absolute atomic E-state index is 0.157. The first kappa shape index (κ1) is 21.0. The highest BCUT2D eigenvalue weighted by molar-refractivity contribution is 6.33. The lowest BCUT2D eigenvalue weighted by atomic mass is 10.1. The van der Waals surface area contributed by atoms with Gasteiger partial charge in [0, 0.05) is 37.1 Å². The number of nitrogens with zero attached hydrogens (tertiary/aromatic N) is 4. The molecule has 2 heterocycles. The van der Waals surface area contributed by atoms with Gasteiger partial charge in [0.1, 0.15) is 5.82 Å². The summed E-state index contributed by atoms with van der Waals surface area (Å²) in [5.41, 5.74) is 9.29.